The van der Waals surface area contributed by atoms with Crippen LogP contribution in [0.25, 0.3) is 10.2 Å². The second-order valence-electron chi connectivity index (χ2n) is 4.80. The van der Waals surface area contributed by atoms with Crippen LogP contribution in [0.2, 0.25) is 0 Å². The lowest BCUT2D eigenvalue weighted by Crippen LogP contribution is -2.39. The van der Waals surface area contributed by atoms with E-state index in [1.165, 1.54) is 15.9 Å². The molecule has 116 valence electrons. The van der Waals surface area contributed by atoms with E-state index >= 15 is 0 Å². The zero-order chi connectivity index (χ0) is 15.8. The zero-order valence-electron chi connectivity index (χ0n) is 11.7. The Hall–Kier alpha value is -1.57. The smallest absolute Gasteiger partial charge is 0.284 e. The van der Waals surface area contributed by atoms with Crippen molar-refractivity contribution in [2.75, 3.05) is 0 Å². The largest absolute Gasteiger partial charge is 0.389 e. The molecule has 21 heavy (non-hydrogen) atoms. The molecule has 2 aromatic heterocycles. The molecule has 4 nitrogen and oxygen atoms in total. The molecule has 2 rings (SSSR count). The number of halogens is 3. The van der Waals surface area contributed by atoms with Gasteiger partial charge in [0.05, 0.1) is 5.39 Å². The maximum Gasteiger partial charge on any atom is 0.389 e. The number of thiophene rings is 1. The number of nitrogens with zero attached hydrogens (tertiary/aromatic N) is 2. The summed E-state index contributed by atoms with van der Waals surface area (Å²) in [6.45, 7) is 3.57. The van der Waals surface area contributed by atoms with E-state index in [0.717, 1.165) is 10.1 Å². The topological polar surface area (TPSA) is 44.0 Å². The molecule has 2 aromatic rings. The Morgan fingerprint density at radius 1 is 1.24 bits per heavy atom. The number of aromatic nitrogens is 2. The summed E-state index contributed by atoms with van der Waals surface area (Å²) >= 11 is 1.21. The fourth-order valence-corrected chi connectivity index (χ4v) is 3.33. The summed E-state index contributed by atoms with van der Waals surface area (Å²) in [7, 11) is 0. The van der Waals surface area contributed by atoms with Gasteiger partial charge in [0.15, 0.2) is 0 Å². The first-order valence-electron chi connectivity index (χ1n) is 6.54. The maximum atomic E-state index is 12.3. The van der Waals surface area contributed by atoms with Crippen LogP contribution in [0.15, 0.2) is 15.0 Å². The van der Waals surface area contributed by atoms with E-state index in [1.807, 2.05) is 0 Å². The highest BCUT2D eigenvalue weighted by molar-refractivity contribution is 7.17. The normalized spacial score (nSPS) is 12.2. The quantitative estimate of drug-likeness (QED) is 0.869. The molecule has 8 heteroatoms. The first-order chi connectivity index (χ1) is 9.76. The van der Waals surface area contributed by atoms with Gasteiger partial charge in [-0.1, -0.05) is 0 Å². The predicted octanol–water partition coefficient (Wildman–Crippen LogP) is 2.90. The molecular weight excluding hydrogens is 305 g/mol. The summed E-state index contributed by atoms with van der Waals surface area (Å²) in [6, 6.07) is 0. The van der Waals surface area contributed by atoms with Crippen molar-refractivity contribution >= 4 is 21.6 Å². The summed E-state index contributed by atoms with van der Waals surface area (Å²) in [4.78, 5) is 24.9. The molecule has 0 saturated carbocycles. The van der Waals surface area contributed by atoms with Crippen molar-refractivity contribution in [1.29, 1.82) is 0 Å². The Kier molecular flexibility index (Phi) is 4.27. The number of hydrogen-bond donors (Lipinski definition) is 0. The van der Waals surface area contributed by atoms with Crippen molar-refractivity contribution in [2.24, 2.45) is 0 Å². The van der Waals surface area contributed by atoms with Crippen LogP contribution in [-0.4, -0.2) is 15.3 Å². The van der Waals surface area contributed by atoms with Crippen molar-refractivity contribution in [3.05, 3.63) is 31.8 Å². The molecule has 0 radical (unpaired) electrons. The number of aryl methyl sites for hydroxylation is 2. The van der Waals surface area contributed by atoms with Gasteiger partial charge >= 0.3 is 11.9 Å². The van der Waals surface area contributed by atoms with E-state index < -0.39 is 18.3 Å². The van der Waals surface area contributed by atoms with Crippen LogP contribution < -0.4 is 11.2 Å². The van der Waals surface area contributed by atoms with Crippen LogP contribution in [0.5, 0.6) is 0 Å². The van der Waals surface area contributed by atoms with Gasteiger partial charge in [0.1, 0.15) is 4.83 Å². The van der Waals surface area contributed by atoms with Crippen LogP contribution in [0, 0.1) is 6.92 Å². The van der Waals surface area contributed by atoms with Gasteiger partial charge in [-0.2, -0.15) is 13.2 Å². The first kappa shape index (κ1) is 15.8. The van der Waals surface area contributed by atoms with E-state index in [0.29, 0.717) is 10.2 Å². The number of fused-ring (bicyclic) bond motifs is 1. The minimum absolute atomic E-state index is 0.0466. The highest BCUT2D eigenvalue weighted by atomic mass is 32.1. The minimum Gasteiger partial charge on any atom is -0.284 e. The molecular formula is C13H15F3N2O2S. The van der Waals surface area contributed by atoms with Crippen molar-refractivity contribution in [3.8, 4) is 0 Å². The van der Waals surface area contributed by atoms with Gasteiger partial charge in [0.2, 0.25) is 0 Å². The molecule has 2 heterocycles. The SMILES string of the molecule is CCn1c(=O)c2c(C)csc2n(CCCC(F)(F)F)c1=O. The highest BCUT2D eigenvalue weighted by Crippen LogP contribution is 2.24. The summed E-state index contributed by atoms with van der Waals surface area (Å²) in [5.74, 6) is 0. The van der Waals surface area contributed by atoms with Gasteiger partial charge < -0.3 is 0 Å². The molecule has 0 aliphatic heterocycles. The fourth-order valence-electron chi connectivity index (χ4n) is 2.26. The number of hydrogen-bond acceptors (Lipinski definition) is 3. The first-order valence-corrected chi connectivity index (χ1v) is 7.42. The monoisotopic (exact) mass is 320 g/mol. The summed E-state index contributed by atoms with van der Waals surface area (Å²) in [5.41, 5.74) is -0.172. The van der Waals surface area contributed by atoms with Gasteiger partial charge in [-0.25, -0.2) is 4.79 Å². The second kappa shape index (κ2) is 5.67. The van der Waals surface area contributed by atoms with Gasteiger partial charge in [-0.05, 0) is 31.2 Å². The highest BCUT2D eigenvalue weighted by Gasteiger charge is 2.26. The second-order valence-corrected chi connectivity index (χ2v) is 5.66. The molecule has 0 atom stereocenters. The standard InChI is InChI=1S/C13H15F3N2O2S/c1-3-17-10(19)9-8(2)7-21-11(9)18(12(17)20)6-4-5-13(14,15)16/h7H,3-6H2,1-2H3. The maximum absolute atomic E-state index is 12.3. The Morgan fingerprint density at radius 2 is 1.90 bits per heavy atom. The fraction of sp³-hybridized carbons (Fsp3) is 0.538. The van der Waals surface area contributed by atoms with Crippen molar-refractivity contribution in [2.45, 2.75) is 46.0 Å². The Labute approximate surface area is 122 Å². The van der Waals surface area contributed by atoms with E-state index in [4.69, 9.17) is 0 Å². The van der Waals surface area contributed by atoms with E-state index in [2.05, 4.69) is 0 Å². The predicted molar refractivity (Wildman–Crippen MR) is 76.0 cm³/mol. The van der Waals surface area contributed by atoms with Gasteiger partial charge in [-0.3, -0.25) is 13.9 Å². The van der Waals surface area contributed by atoms with E-state index in [1.54, 1.807) is 19.2 Å². The number of alkyl halides is 3. The van der Waals surface area contributed by atoms with Gasteiger partial charge in [0.25, 0.3) is 5.56 Å². The molecule has 0 N–H and O–H groups in total. The third kappa shape index (κ3) is 3.04. The Bertz CT molecular complexity index is 771. The van der Waals surface area contributed by atoms with Crippen LogP contribution in [-0.2, 0) is 13.1 Å². The third-order valence-electron chi connectivity index (χ3n) is 3.28. The molecule has 0 saturated heterocycles. The molecule has 0 fully saturated rings. The van der Waals surface area contributed by atoms with E-state index in [9.17, 15) is 22.8 Å². The molecule has 0 aliphatic rings. The van der Waals surface area contributed by atoms with Crippen molar-refractivity contribution in [1.82, 2.24) is 9.13 Å². The molecule has 0 unspecified atom stereocenters. The van der Waals surface area contributed by atoms with Crippen LogP contribution in [0.3, 0.4) is 0 Å². The summed E-state index contributed by atoms with van der Waals surface area (Å²) in [6.07, 6.45) is -5.37. The Balaban J connectivity index is 2.52. The summed E-state index contributed by atoms with van der Waals surface area (Å²) < 4.78 is 39.1. The molecule has 0 aliphatic carbocycles. The van der Waals surface area contributed by atoms with E-state index in [-0.39, 0.29) is 25.1 Å². The molecule has 0 aromatic carbocycles. The molecule has 0 amide bonds. The van der Waals surface area contributed by atoms with Gasteiger partial charge in [-0.15, -0.1) is 11.3 Å². The lowest BCUT2D eigenvalue weighted by molar-refractivity contribution is -0.135. The van der Waals surface area contributed by atoms with Crippen LogP contribution >= 0.6 is 11.3 Å². The lowest BCUT2D eigenvalue weighted by Gasteiger charge is -2.12. The minimum atomic E-state index is -4.24. The van der Waals surface area contributed by atoms with Crippen LogP contribution in [0.4, 0.5) is 13.2 Å². The number of rotatable bonds is 4. The summed E-state index contributed by atoms with van der Waals surface area (Å²) in [5, 5.41) is 2.17. The lowest BCUT2D eigenvalue weighted by atomic mass is 10.2. The van der Waals surface area contributed by atoms with Gasteiger partial charge in [0, 0.05) is 19.5 Å². The average Bonchev–Trinajstić information content (AvgIpc) is 2.75. The van der Waals surface area contributed by atoms with Crippen molar-refractivity contribution in [3.63, 3.8) is 0 Å². The van der Waals surface area contributed by atoms with Crippen LogP contribution in [0.1, 0.15) is 25.3 Å². The molecule has 0 bridgehead atoms. The third-order valence-corrected chi connectivity index (χ3v) is 4.40. The zero-order valence-corrected chi connectivity index (χ0v) is 12.5. The van der Waals surface area contributed by atoms with Crippen molar-refractivity contribution < 1.29 is 13.2 Å². The Morgan fingerprint density at radius 3 is 2.48 bits per heavy atom. The average molecular weight is 320 g/mol. The molecule has 0 spiro atoms.